The Morgan fingerprint density at radius 3 is 2.74 bits per heavy atom. The molecule has 1 aromatic heterocycles. The average Bonchev–Trinajstić information content (AvgIpc) is 3.01. The molecule has 3 atom stereocenters. The van der Waals surface area contributed by atoms with Gasteiger partial charge in [-0.25, -0.2) is 0 Å². The van der Waals surface area contributed by atoms with Crippen LogP contribution in [0.3, 0.4) is 0 Å². The lowest BCUT2D eigenvalue weighted by molar-refractivity contribution is -0.152. The van der Waals surface area contributed by atoms with Gasteiger partial charge in [0, 0.05) is 12.1 Å². The molecule has 1 heterocycles. The van der Waals surface area contributed by atoms with Gasteiger partial charge in [0.05, 0.1) is 11.5 Å². The van der Waals surface area contributed by atoms with Crippen LogP contribution in [0.25, 0.3) is 0 Å². The highest BCUT2D eigenvalue weighted by Crippen LogP contribution is 2.23. The van der Waals surface area contributed by atoms with Crippen LogP contribution >= 0.6 is 11.8 Å². The largest absolute Gasteiger partial charge is 0.452 e. The molecule has 1 aromatic rings. The minimum Gasteiger partial charge on any atom is -0.452 e. The number of carbonyl (C=O) groups is 3. The van der Waals surface area contributed by atoms with E-state index in [-0.39, 0.29) is 29.4 Å². The van der Waals surface area contributed by atoms with Crippen molar-refractivity contribution in [1.29, 1.82) is 0 Å². The van der Waals surface area contributed by atoms with E-state index in [4.69, 9.17) is 9.26 Å². The molecule has 1 fully saturated rings. The zero-order valence-corrected chi connectivity index (χ0v) is 16.8. The number of anilines is 1. The SMILES string of the molecule is Cc1cc(NC(=O)CSCC(=O)O[C@H](C)C(=O)N[C@@H]2CCCC[C@@H]2C)no1. The number of nitrogens with zero attached hydrogens (tertiary/aromatic N) is 1. The Kier molecular flexibility index (Phi) is 8.15. The maximum Gasteiger partial charge on any atom is 0.316 e. The van der Waals surface area contributed by atoms with E-state index in [0.29, 0.717) is 17.5 Å². The van der Waals surface area contributed by atoms with Crippen LogP contribution in [0.2, 0.25) is 0 Å². The van der Waals surface area contributed by atoms with Gasteiger partial charge in [-0.2, -0.15) is 0 Å². The summed E-state index contributed by atoms with van der Waals surface area (Å²) in [7, 11) is 0. The highest BCUT2D eigenvalue weighted by atomic mass is 32.2. The molecule has 0 aromatic carbocycles. The van der Waals surface area contributed by atoms with Gasteiger partial charge in [0.15, 0.2) is 11.9 Å². The van der Waals surface area contributed by atoms with E-state index in [1.807, 2.05) is 0 Å². The quantitative estimate of drug-likeness (QED) is 0.647. The Morgan fingerprint density at radius 2 is 2.07 bits per heavy atom. The highest BCUT2D eigenvalue weighted by Gasteiger charge is 2.26. The van der Waals surface area contributed by atoms with E-state index in [1.54, 1.807) is 19.9 Å². The Hall–Kier alpha value is -2.03. The van der Waals surface area contributed by atoms with Crippen molar-refractivity contribution >= 4 is 35.4 Å². The Balaban J connectivity index is 1.63. The second kappa shape index (κ2) is 10.3. The molecular formula is C18H27N3O5S. The molecule has 0 radical (unpaired) electrons. The lowest BCUT2D eigenvalue weighted by atomic mass is 9.86. The van der Waals surface area contributed by atoms with Crippen molar-refractivity contribution in [2.24, 2.45) is 5.92 Å². The monoisotopic (exact) mass is 397 g/mol. The van der Waals surface area contributed by atoms with E-state index in [1.165, 1.54) is 6.42 Å². The Labute approximate surface area is 163 Å². The van der Waals surface area contributed by atoms with E-state index < -0.39 is 12.1 Å². The third kappa shape index (κ3) is 7.24. The van der Waals surface area contributed by atoms with Crippen LogP contribution in [0.1, 0.15) is 45.3 Å². The number of amides is 2. The molecule has 2 rings (SSSR count). The van der Waals surface area contributed by atoms with E-state index >= 15 is 0 Å². The molecule has 1 saturated carbocycles. The van der Waals surface area contributed by atoms with Crippen LogP contribution in [-0.2, 0) is 19.1 Å². The van der Waals surface area contributed by atoms with Crippen molar-refractivity contribution in [3.05, 3.63) is 11.8 Å². The third-order valence-corrected chi connectivity index (χ3v) is 5.37. The van der Waals surface area contributed by atoms with Crippen LogP contribution in [-0.4, -0.2) is 46.6 Å². The summed E-state index contributed by atoms with van der Waals surface area (Å²) in [5.41, 5.74) is 0. The van der Waals surface area contributed by atoms with Crippen LogP contribution in [0.5, 0.6) is 0 Å². The standard InChI is InChI=1S/C18H27N3O5S/c1-11-6-4-5-7-14(11)19-18(24)13(3)25-17(23)10-27-9-16(22)20-15-8-12(2)26-21-15/h8,11,13-14H,4-7,9-10H2,1-3H3,(H,19,24)(H,20,21,22)/t11-,13+,14+/m0/s1. The van der Waals surface area contributed by atoms with Crippen molar-refractivity contribution in [1.82, 2.24) is 10.5 Å². The Morgan fingerprint density at radius 1 is 1.33 bits per heavy atom. The number of hydrogen-bond acceptors (Lipinski definition) is 7. The maximum atomic E-state index is 12.2. The van der Waals surface area contributed by atoms with Gasteiger partial charge in [0.2, 0.25) is 5.91 Å². The van der Waals surface area contributed by atoms with E-state index in [2.05, 4.69) is 22.7 Å². The predicted octanol–water partition coefficient (Wildman–Crippen LogP) is 2.28. The molecule has 27 heavy (non-hydrogen) atoms. The molecule has 1 aliphatic rings. The summed E-state index contributed by atoms with van der Waals surface area (Å²) in [5, 5.41) is 9.20. The summed E-state index contributed by atoms with van der Waals surface area (Å²) in [6.45, 7) is 5.41. The molecule has 150 valence electrons. The van der Waals surface area contributed by atoms with Crippen molar-refractivity contribution in [2.45, 2.75) is 58.6 Å². The number of aromatic nitrogens is 1. The molecule has 2 N–H and O–H groups in total. The summed E-state index contributed by atoms with van der Waals surface area (Å²) in [4.78, 5) is 35.8. The molecule has 0 saturated heterocycles. The maximum absolute atomic E-state index is 12.2. The zero-order chi connectivity index (χ0) is 19.8. The van der Waals surface area contributed by atoms with Crippen LogP contribution < -0.4 is 10.6 Å². The summed E-state index contributed by atoms with van der Waals surface area (Å²) >= 11 is 1.11. The fraction of sp³-hybridized carbons (Fsp3) is 0.667. The van der Waals surface area contributed by atoms with Crippen LogP contribution in [0, 0.1) is 12.8 Å². The molecule has 0 aliphatic heterocycles. The van der Waals surface area contributed by atoms with Gasteiger partial charge in [0.25, 0.3) is 5.91 Å². The van der Waals surface area contributed by atoms with Gasteiger partial charge >= 0.3 is 5.97 Å². The molecule has 9 heteroatoms. The lowest BCUT2D eigenvalue weighted by Gasteiger charge is -2.30. The lowest BCUT2D eigenvalue weighted by Crippen LogP contribution is -2.46. The van der Waals surface area contributed by atoms with Gasteiger partial charge in [-0.3, -0.25) is 14.4 Å². The first-order valence-corrected chi connectivity index (χ1v) is 10.3. The number of ether oxygens (including phenoxy) is 1. The van der Waals surface area contributed by atoms with Gasteiger partial charge in [-0.1, -0.05) is 24.9 Å². The first kappa shape index (κ1) is 21.3. The zero-order valence-electron chi connectivity index (χ0n) is 15.9. The van der Waals surface area contributed by atoms with Crippen molar-refractivity contribution in [3.63, 3.8) is 0 Å². The summed E-state index contributed by atoms with van der Waals surface area (Å²) in [6, 6.07) is 1.75. The molecular weight excluding hydrogens is 370 g/mol. The molecule has 1 aliphatic carbocycles. The topological polar surface area (TPSA) is 111 Å². The fourth-order valence-corrected chi connectivity index (χ4v) is 3.54. The number of esters is 1. The number of carbonyl (C=O) groups excluding carboxylic acids is 3. The molecule has 8 nitrogen and oxygen atoms in total. The number of thioether (sulfide) groups is 1. The number of hydrogen-bond donors (Lipinski definition) is 2. The van der Waals surface area contributed by atoms with E-state index in [9.17, 15) is 14.4 Å². The van der Waals surface area contributed by atoms with Crippen molar-refractivity contribution < 1.29 is 23.6 Å². The molecule has 2 amide bonds. The highest BCUT2D eigenvalue weighted by molar-refractivity contribution is 8.00. The van der Waals surface area contributed by atoms with Gasteiger partial charge in [-0.15, -0.1) is 11.8 Å². The molecule has 0 unspecified atom stereocenters. The number of aryl methyl sites for hydroxylation is 1. The predicted molar refractivity (Wildman–Crippen MR) is 102 cm³/mol. The van der Waals surface area contributed by atoms with E-state index in [0.717, 1.165) is 31.0 Å². The van der Waals surface area contributed by atoms with Gasteiger partial charge in [-0.05, 0) is 32.6 Å². The average molecular weight is 397 g/mol. The molecule has 0 bridgehead atoms. The molecule has 0 spiro atoms. The van der Waals surface area contributed by atoms with Crippen LogP contribution in [0.15, 0.2) is 10.6 Å². The fourth-order valence-electron chi connectivity index (χ4n) is 2.95. The Bertz CT molecular complexity index is 663. The van der Waals surface area contributed by atoms with Crippen LogP contribution in [0.4, 0.5) is 5.82 Å². The van der Waals surface area contributed by atoms with Gasteiger partial charge < -0.3 is 19.9 Å². The second-order valence-corrected chi connectivity index (χ2v) is 7.86. The first-order valence-electron chi connectivity index (χ1n) is 9.16. The summed E-state index contributed by atoms with van der Waals surface area (Å²) in [5.74, 6) is 0.338. The second-order valence-electron chi connectivity index (χ2n) is 6.87. The summed E-state index contributed by atoms with van der Waals surface area (Å²) in [6.07, 6.45) is 3.52. The smallest absolute Gasteiger partial charge is 0.316 e. The number of nitrogens with one attached hydrogen (secondary N) is 2. The van der Waals surface area contributed by atoms with Crippen molar-refractivity contribution in [2.75, 3.05) is 16.8 Å². The first-order chi connectivity index (χ1) is 12.8. The minimum atomic E-state index is -0.848. The normalized spacial score (nSPS) is 20.6. The summed E-state index contributed by atoms with van der Waals surface area (Å²) < 4.78 is 10.0. The van der Waals surface area contributed by atoms with Crippen molar-refractivity contribution in [3.8, 4) is 0 Å². The van der Waals surface area contributed by atoms with Gasteiger partial charge in [0.1, 0.15) is 5.76 Å². The minimum absolute atomic E-state index is 0.0112. The number of rotatable bonds is 8. The third-order valence-electron chi connectivity index (χ3n) is 4.47.